The molecule has 0 spiro atoms. The fourth-order valence-corrected chi connectivity index (χ4v) is 8.69. The summed E-state index contributed by atoms with van der Waals surface area (Å²) in [4.78, 5) is 0. The van der Waals surface area contributed by atoms with E-state index in [9.17, 15) is 0 Å². The molecule has 0 saturated heterocycles. The van der Waals surface area contributed by atoms with E-state index in [2.05, 4.69) is 76.9 Å². The SMILES string of the molecule is CCC/C(C[Si](C)(C)C)=C(/CCC)[Si](C)(C)c1ccccc1. The van der Waals surface area contributed by atoms with Gasteiger partial charge in [-0.25, -0.2) is 0 Å². The molecule has 1 aromatic rings. The third-order valence-electron chi connectivity index (χ3n) is 4.47. The van der Waals surface area contributed by atoms with Crippen molar-refractivity contribution in [1.29, 1.82) is 0 Å². The number of rotatable bonds is 8. The van der Waals surface area contributed by atoms with E-state index in [1.165, 1.54) is 31.7 Å². The highest BCUT2D eigenvalue weighted by Crippen LogP contribution is 2.31. The highest BCUT2D eigenvalue weighted by molar-refractivity contribution is 6.95. The van der Waals surface area contributed by atoms with Crippen LogP contribution >= 0.6 is 0 Å². The van der Waals surface area contributed by atoms with Crippen LogP contribution in [0.4, 0.5) is 0 Å². The summed E-state index contributed by atoms with van der Waals surface area (Å²) in [5.74, 6) is 0. The number of allylic oxidation sites excluding steroid dienone is 2. The zero-order valence-electron chi connectivity index (χ0n) is 15.9. The summed E-state index contributed by atoms with van der Waals surface area (Å²) >= 11 is 0. The van der Waals surface area contributed by atoms with Crippen molar-refractivity contribution in [3.63, 3.8) is 0 Å². The van der Waals surface area contributed by atoms with Gasteiger partial charge in [-0.1, -0.05) is 106 Å². The van der Waals surface area contributed by atoms with E-state index < -0.39 is 16.1 Å². The third kappa shape index (κ3) is 5.55. The van der Waals surface area contributed by atoms with Gasteiger partial charge in [0, 0.05) is 8.07 Å². The minimum absolute atomic E-state index is 1.06. The molecule has 0 aliphatic carbocycles. The summed E-state index contributed by atoms with van der Waals surface area (Å²) in [5.41, 5.74) is 1.82. The van der Waals surface area contributed by atoms with Crippen LogP contribution in [0.1, 0.15) is 39.5 Å². The van der Waals surface area contributed by atoms with Gasteiger partial charge in [0.05, 0.1) is 0 Å². The Labute approximate surface area is 141 Å². The minimum atomic E-state index is -1.53. The zero-order valence-corrected chi connectivity index (χ0v) is 17.9. The molecule has 1 aromatic carbocycles. The lowest BCUT2D eigenvalue weighted by Crippen LogP contribution is -2.44. The maximum atomic E-state index is 2.56. The van der Waals surface area contributed by atoms with Crippen LogP contribution in [0.15, 0.2) is 41.1 Å². The summed E-state index contributed by atoms with van der Waals surface area (Å²) in [5, 5.41) is 3.45. The predicted molar refractivity (Wildman–Crippen MR) is 109 cm³/mol. The molecule has 0 radical (unpaired) electrons. The summed E-state index contributed by atoms with van der Waals surface area (Å²) in [6.07, 6.45) is 5.17. The molecule has 0 aromatic heterocycles. The molecule has 0 nitrogen and oxygen atoms in total. The van der Waals surface area contributed by atoms with Crippen LogP contribution < -0.4 is 5.19 Å². The van der Waals surface area contributed by atoms with Crippen LogP contribution in [0.5, 0.6) is 0 Å². The monoisotopic (exact) mass is 332 g/mol. The molecule has 2 heteroatoms. The molecular weight excluding hydrogens is 296 g/mol. The fraction of sp³-hybridized carbons (Fsp3) is 0.600. The first-order chi connectivity index (χ1) is 10.2. The predicted octanol–water partition coefficient (Wildman–Crippen LogP) is 6.38. The average molecular weight is 333 g/mol. The second-order valence-electron chi connectivity index (χ2n) is 8.31. The maximum absolute atomic E-state index is 2.56. The van der Waals surface area contributed by atoms with Crippen LogP contribution in [0.2, 0.25) is 38.8 Å². The fourth-order valence-electron chi connectivity index (χ4n) is 3.50. The van der Waals surface area contributed by atoms with Gasteiger partial charge in [0.1, 0.15) is 8.07 Å². The van der Waals surface area contributed by atoms with Gasteiger partial charge in [-0.15, -0.1) is 0 Å². The molecule has 124 valence electrons. The Kier molecular flexibility index (Phi) is 7.34. The highest BCUT2D eigenvalue weighted by atomic mass is 28.3. The van der Waals surface area contributed by atoms with Crippen LogP contribution in [-0.4, -0.2) is 16.1 Å². The Bertz CT molecular complexity index is 478. The Morgan fingerprint density at radius 3 is 1.82 bits per heavy atom. The molecule has 0 amide bonds. The van der Waals surface area contributed by atoms with Gasteiger partial charge < -0.3 is 0 Å². The summed E-state index contributed by atoms with van der Waals surface area (Å²) in [6, 6.07) is 12.7. The van der Waals surface area contributed by atoms with Crippen LogP contribution in [0.3, 0.4) is 0 Å². The van der Waals surface area contributed by atoms with Gasteiger partial charge in [0.2, 0.25) is 0 Å². The molecule has 1 rings (SSSR count). The molecule has 0 heterocycles. The van der Waals surface area contributed by atoms with E-state index in [-0.39, 0.29) is 0 Å². The first kappa shape index (κ1) is 19.4. The highest BCUT2D eigenvalue weighted by Gasteiger charge is 2.31. The van der Waals surface area contributed by atoms with E-state index in [4.69, 9.17) is 0 Å². The maximum Gasteiger partial charge on any atom is 0.107 e. The first-order valence-electron chi connectivity index (χ1n) is 8.99. The molecule has 0 fully saturated rings. The second kappa shape index (κ2) is 8.30. The van der Waals surface area contributed by atoms with Gasteiger partial charge in [-0.3, -0.25) is 0 Å². The van der Waals surface area contributed by atoms with Gasteiger partial charge in [0.25, 0.3) is 0 Å². The van der Waals surface area contributed by atoms with Crippen LogP contribution in [0, 0.1) is 0 Å². The molecule has 0 aliphatic rings. The van der Waals surface area contributed by atoms with Crippen molar-refractivity contribution in [1.82, 2.24) is 0 Å². The zero-order chi connectivity index (χ0) is 16.8. The summed E-state index contributed by atoms with van der Waals surface area (Å²) in [6.45, 7) is 17.4. The summed E-state index contributed by atoms with van der Waals surface area (Å²) < 4.78 is 0. The number of hydrogen-bond acceptors (Lipinski definition) is 0. The largest absolute Gasteiger partial charge is 0.107 e. The van der Waals surface area contributed by atoms with E-state index >= 15 is 0 Å². The molecule has 0 unspecified atom stereocenters. The quantitative estimate of drug-likeness (QED) is 0.485. The van der Waals surface area contributed by atoms with Crippen molar-refractivity contribution in [2.24, 2.45) is 0 Å². The van der Waals surface area contributed by atoms with E-state index in [0.717, 1.165) is 0 Å². The Hall–Kier alpha value is -0.606. The first-order valence-corrected chi connectivity index (χ1v) is 15.7. The second-order valence-corrected chi connectivity index (χ2v) is 18.2. The molecule has 22 heavy (non-hydrogen) atoms. The lowest BCUT2D eigenvalue weighted by Gasteiger charge is -2.32. The van der Waals surface area contributed by atoms with Gasteiger partial charge >= 0.3 is 0 Å². The third-order valence-corrected chi connectivity index (χ3v) is 9.85. The van der Waals surface area contributed by atoms with Gasteiger partial charge in [-0.05, 0) is 18.9 Å². The topological polar surface area (TPSA) is 0 Å². The lowest BCUT2D eigenvalue weighted by atomic mass is 10.1. The Morgan fingerprint density at radius 2 is 1.36 bits per heavy atom. The Balaban J connectivity index is 3.35. The van der Waals surface area contributed by atoms with Gasteiger partial charge in [0.15, 0.2) is 0 Å². The molecule has 0 N–H and O–H groups in total. The normalized spacial score (nSPS) is 14.0. The number of benzene rings is 1. The van der Waals surface area contributed by atoms with Crippen molar-refractivity contribution in [2.75, 3.05) is 0 Å². The van der Waals surface area contributed by atoms with Crippen LogP contribution in [-0.2, 0) is 0 Å². The van der Waals surface area contributed by atoms with Crippen molar-refractivity contribution in [2.45, 2.75) is 78.3 Å². The summed E-state index contributed by atoms with van der Waals surface area (Å²) in [7, 11) is -2.59. The van der Waals surface area contributed by atoms with Gasteiger partial charge in [-0.2, -0.15) is 0 Å². The molecule has 0 atom stereocenters. The van der Waals surface area contributed by atoms with E-state index in [1.807, 2.05) is 10.8 Å². The molecule has 0 saturated carbocycles. The van der Waals surface area contributed by atoms with Crippen LogP contribution in [0.25, 0.3) is 0 Å². The molecule has 0 aliphatic heterocycles. The minimum Gasteiger partial charge on any atom is -0.0771 e. The lowest BCUT2D eigenvalue weighted by molar-refractivity contribution is 0.856. The number of hydrogen-bond donors (Lipinski definition) is 0. The van der Waals surface area contributed by atoms with E-state index in [1.54, 1.807) is 5.19 Å². The standard InChI is InChI=1S/C20H36Si2/c1-8-13-18(17-21(3,4)5)20(14-9-2)22(6,7)19-15-11-10-12-16-19/h10-12,15-16H,8-9,13-14,17H2,1-7H3/b20-18+. The smallest absolute Gasteiger partial charge is 0.0771 e. The van der Waals surface area contributed by atoms with Crippen molar-refractivity contribution in [3.8, 4) is 0 Å². The van der Waals surface area contributed by atoms with Crippen molar-refractivity contribution < 1.29 is 0 Å². The molecule has 0 bridgehead atoms. The van der Waals surface area contributed by atoms with Crippen molar-refractivity contribution >= 4 is 21.3 Å². The van der Waals surface area contributed by atoms with E-state index in [0.29, 0.717) is 0 Å². The van der Waals surface area contributed by atoms with Crippen molar-refractivity contribution in [3.05, 3.63) is 41.1 Å². The average Bonchev–Trinajstić information content (AvgIpc) is 2.43. The Morgan fingerprint density at radius 1 is 0.818 bits per heavy atom. The molecular formula is C20H36Si2.